The lowest BCUT2D eigenvalue weighted by Gasteiger charge is -2.49. The molecule has 2 aromatic rings. The molecule has 0 bridgehead atoms. The molecule has 0 unspecified atom stereocenters. The Hall–Kier alpha value is -3.48. The molecule has 3 atom stereocenters. The van der Waals surface area contributed by atoms with Gasteiger partial charge in [0.25, 0.3) is 0 Å². The van der Waals surface area contributed by atoms with Gasteiger partial charge in [-0.3, -0.25) is 14.4 Å². The van der Waals surface area contributed by atoms with Gasteiger partial charge in [-0.05, 0) is 44.0 Å². The number of hydrogen-bond acceptors (Lipinski definition) is 8. The van der Waals surface area contributed by atoms with Crippen molar-refractivity contribution in [1.82, 2.24) is 9.88 Å². The van der Waals surface area contributed by atoms with Crippen molar-refractivity contribution in [1.29, 1.82) is 0 Å². The number of fused-ring (bicyclic) bond motifs is 2. The first-order chi connectivity index (χ1) is 17.9. The van der Waals surface area contributed by atoms with Crippen molar-refractivity contribution in [3.8, 4) is 0 Å². The maximum atomic E-state index is 12.8. The number of hydrogen-bond donors (Lipinski definition) is 5. The number of aromatic nitrogens is 1. The Morgan fingerprint density at radius 2 is 1.82 bits per heavy atom. The molecule has 12 heteroatoms. The van der Waals surface area contributed by atoms with E-state index >= 15 is 0 Å². The lowest BCUT2D eigenvalue weighted by molar-refractivity contribution is -0.170. The molecule has 1 aromatic carbocycles. The van der Waals surface area contributed by atoms with E-state index in [2.05, 4.69) is 41.3 Å². The summed E-state index contributed by atoms with van der Waals surface area (Å²) in [6.45, 7) is 3.34. The molecule has 5 N–H and O–H groups in total. The number of esters is 1. The molecule has 1 aromatic heterocycles. The number of rotatable bonds is 9. The number of aliphatic carboxylic acids is 3. The number of nitrogens with zero attached hydrogens (tertiary/aromatic N) is 1. The first-order valence-corrected chi connectivity index (χ1v) is 12.2. The maximum Gasteiger partial charge on any atom is 0.336 e. The lowest BCUT2D eigenvalue weighted by atomic mass is 9.66. The summed E-state index contributed by atoms with van der Waals surface area (Å²) in [5.41, 5.74) is 0.581. The fourth-order valence-electron chi connectivity index (χ4n) is 5.71. The average molecular weight is 535 g/mol. The molecule has 0 saturated carbocycles. The Bertz CT molecular complexity index is 1190. The number of aromatic amines is 1. The summed E-state index contributed by atoms with van der Waals surface area (Å²) in [7, 11) is 3.79. The van der Waals surface area contributed by atoms with Crippen LogP contribution in [0.1, 0.15) is 43.2 Å². The van der Waals surface area contributed by atoms with Gasteiger partial charge in [-0.15, -0.1) is 0 Å². The van der Waals surface area contributed by atoms with Crippen LogP contribution in [-0.2, 0) is 35.1 Å². The Balaban J connectivity index is 0.000000263. The summed E-state index contributed by atoms with van der Waals surface area (Å²) in [6, 6.07) is 6.87. The van der Waals surface area contributed by atoms with Crippen LogP contribution in [0.5, 0.6) is 0 Å². The minimum Gasteiger partial charge on any atom is -0.481 e. The number of carbonyl (C=O) groups is 4. The van der Waals surface area contributed by atoms with Crippen molar-refractivity contribution in [2.45, 2.75) is 50.2 Å². The number of likely N-dealkylation sites (N-methyl/N-ethyl adjacent to an activating group) is 1. The molecular formula is C26H34N2O10. The van der Waals surface area contributed by atoms with E-state index in [1.165, 1.54) is 22.0 Å². The number of piperidine rings is 1. The Morgan fingerprint density at radius 3 is 2.37 bits per heavy atom. The number of aliphatic hydroxyl groups is 1. The van der Waals surface area contributed by atoms with Crippen LogP contribution in [0.3, 0.4) is 0 Å². The van der Waals surface area contributed by atoms with Gasteiger partial charge in [-0.25, -0.2) is 4.79 Å². The molecule has 208 valence electrons. The molecule has 2 aliphatic rings. The van der Waals surface area contributed by atoms with Crippen LogP contribution >= 0.6 is 0 Å². The van der Waals surface area contributed by atoms with Crippen LogP contribution in [0.2, 0.25) is 0 Å². The van der Waals surface area contributed by atoms with Crippen LogP contribution in [-0.4, -0.2) is 99.7 Å². The van der Waals surface area contributed by atoms with Crippen molar-refractivity contribution in [2.24, 2.45) is 5.41 Å². The van der Waals surface area contributed by atoms with Crippen LogP contribution in [0.25, 0.3) is 10.9 Å². The first kappa shape index (κ1) is 29.1. The normalized spacial score (nSPS) is 22.6. The average Bonchev–Trinajstić information content (AvgIpc) is 3.24. The van der Waals surface area contributed by atoms with Gasteiger partial charge >= 0.3 is 23.9 Å². The molecule has 1 aliphatic carbocycles. The number of methoxy groups -OCH3 is 1. The third kappa shape index (κ3) is 5.82. The van der Waals surface area contributed by atoms with Gasteiger partial charge in [0.05, 0.1) is 26.1 Å². The van der Waals surface area contributed by atoms with Gasteiger partial charge in [0.1, 0.15) is 5.41 Å². The maximum absolute atomic E-state index is 12.8. The summed E-state index contributed by atoms with van der Waals surface area (Å²) in [5.74, 6) is -4.84. The molecule has 1 fully saturated rings. The second-order valence-corrected chi connectivity index (χ2v) is 9.99. The van der Waals surface area contributed by atoms with Gasteiger partial charge < -0.3 is 39.8 Å². The van der Waals surface area contributed by atoms with E-state index in [-0.39, 0.29) is 5.97 Å². The third-order valence-corrected chi connectivity index (χ3v) is 7.26. The number of carboxylic acids is 3. The fraction of sp³-hybridized carbons (Fsp3) is 0.538. The molecule has 4 rings (SSSR count). The SMILES string of the molecule is CCOC(=O)[C@]1(COC)C[C@@H]2c3cccc4[nH]cc(c34)C[C@H]2N(C)C1.O=C(O)CC(O)(CC(=O)O)C(=O)O. The number of nitrogens with one attached hydrogen (secondary N) is 1. The summed E-state index contributed by atoms with van der Waals surface area (Å²) in [5, 5.41) is 35.2. The highest BCUT2D eigenvalue weighted by Crippen LogP contribution is 2.48. The van der Waals surface area contributed by atoms with E-state index in [9.17, 15) is 19.2 Å². The number of benzene rings is 1. The van der Waals surface area contributed by atoms with Crippen molar-refractivity contribution < 1.29 is 49.1 Å². The van der Waals surface area contributed by atoms with Gasteiger partial charge in [0.2, 0.25) is 0 Å². The number of carboxylic acid groups (broad SMARTS) is 3. The zero-order valence-corrected chi connectivity index (χ0v) is 21.6. The number of carbonyl (C=O) groups excluding carboxylic acids is 1. The predicted octanol–water partition coefficient (Wildman–Crippen LogP) is 1.46. The monoisotopic (exact) mass is 534 g/mol. The molecule has 0 spiro atoms. The second-order valence-electron chi connectivity index (χ2n) is 9.99. The van der Waals surface area contributed by atoms with Gasteiger partial charge in [-0.2, -0.15) is 0 Å². The van der Waals surface area contributed by atoms with E-state index in [0.717, 1.165) is 12.8 Å². The van der Waals surface area contributed by atoms with Crippen molar-refractivity contribution in [3.63, 3.8) is 0 Å². The highest BCUT2D eigenvalue weighted by molar-refractivity contribution is 5.89. The van der Waals surface area contributed by atoms with Gasteiger partial charge in [0.15, 0.2) is 5.60 Å². The Morgan fingerprint density at radius 1 is 1.16 bits per heavy atom. The quantitative estimate of drug-likeness (QED) is 0.293. The Labute approximate surface area is 219 Å². The van der Waals surface area contributed by atoms with E-state index in [0.29, 0.717) is 31.7 Å². The molecule has 1 saturated heterocycles. The first-order valence-electron chi connectivity index (χ1n) is 12.2. The third-order valence-electron chi connectivity index (χ3n) is 7.26. The largest absolute Gasteiger partial charge is 0.481 e. The van der Waals surface area contributed by atoms with Gasteiger partial charge in [-0.1, -0.05) is 12.1 Å². The summed E-state index contributed by atoms with van der Waals surface area (Å²) in [4.78, 5) is 49.0. The molecule has 0 amide bonds. The van der Waals surface area contributed by atoms with Crippen LogP contribution in [0, 0.1) is 5.41 Å². The molecule has 1 aliphatic heterocycles. The van der Waals surface area contributed by atoms with E-state index in [4.69, 9.17) is 29.9 Å². The lowest BCUT2D eigenvalue weighted by Crippen LogP contribution is -2.57. The van der Waals surface area contributed by atoms with Crippen LogP contribution in [0.15, 0.2) is 24.4 Å². The van der Waals surface area contributed by atoms with E-state index in [1.54, 1.807) is 7.11 Å². The fourth-order valence-corrected chi connectivity index (χ4v) is 5.71. The summed E-state index contributed by atoms with van der Waals surface area (Å²) >= 11 is 0. The number of ether oxygens (including phenoxy) is 2. The smallest absolute Gasteiger partial charge is 0.336 e. The van der Waals surface area contributed by atoms with Gasteiger partial charge in [0, 0.05) is 42.7 Å². The topological polar surface area (TPSA) is 187 Å². The van der Waals surface area contributed by atoms with Crippen LogP contribution < -0.4 is 0 Å². The molecule has 2 heterocycles. The zero-order chi connectivity index (χ0) is 28.3. The Kier molecular flexibility index (Phi) is 8.80. The highest BCUT2D eigenvalue weighted by Gasteiger charge is 2.51. The molecule has 0 radical (unpaired) electrons. The van der Waals surface area contributed by atoms with Crippen molar-refractivity contribution in [2.75, 3.05) is 33.9 Å². The van der Waals surface area contributed by atoms with Crippen molar-refractivity contribution in [3.05, 3.63) is 35.5 Å². The minimum absolute atomic E-state index is 0.130. The van der Waals surface area contributed by atoms with E-state index < -0.39 is 41.8 Å². The standard InChI is InChI=1S/C20H26N2O3.C6H8O7/c1-4-25-19(23)20(12-24-3)9-15-14-6-5-7-16-18(14)13(10-21-16)8-17(15)22(2)11-20;7-3(8)1-6(13,5(11)12)2-4(9)10/h5-7,10,15,17,21H,4,8-9,11-12H2,1-3H3;13H,1-2H2,(H,7,8)(H,9,10)(H,11,12)/t15-,17-,20-;/m1./s1. The number of likely N-dealkylation sites (tertiary alicyclic amines) is 1. The van der Waals surface area contributed by atoms with Crippen LogP contribution in [0.4, 0.5) is 0 Å². The zero-order valence-electron chi connectivity index (χ0n) is 21.6. The number of H-pyrrole nitrogens is 1. The summed E-state index contributed by atoms with van der Waals surface area (Å²) < 4.78 is 10.9. The highest BCUT2D eigenvalue weighted by atomic mass is 16.5. The predicted molar refractivity (Wildman–Crippen MR) is 134 cm³/mol. The molecular weight excluding hydrogens is 500 g/mol. The van der Waals surface area contributed by atoms with Crippen molar-refractivity contribution >= 4 is 34.8 Å². The summed E-state index contributed by atoms with van der Waals surface area (Å²) in [6.07, 6.45) is 1.65. The molecule has 12 nitrogen and oxygen atoms in total. The molecule has 38 heavy (non-hydrogen) atoms. The van der Waals surface area contributed by atoms with E-state index in [1.807, 2.05) is 6.92 Å². The minimum atomic E-state index is -2.74. The second kappa shape index (κ2) is 11.5.